The van der Waals surface area contributed by atoms with Crippen LogP contribution in [0.15, 0.2) is 23.0 Å². The Balaban J connectivity index is 1.57. The summed E-state index contributed by atoms with van der Waals surface area (Å²) < 4.78 is 24.2. The van der Waals surface area contributed by atoms with Gasteiger partial charge in [-0.05, 0) is 58.6 Å². The quantitative estimate of drug-likeness (QED) is 0.432. The number of aromatic nitrogens is 2. The molecule has 0 saturated carbocycles. The molecule has 0 saturated heterocycles. The van der Waals surface area contributed by atoms with Crippen molar-refractivity contribution in [2.45, 2.75) is 53.1 Å². The Bertz CT molecular complexity index is 1190. The predicted molar refractivity (Wildman–Crippen MR) is 125 cm³/mol. The third-order valence-corrected chi connectivity index (χ3v) is 6.45. The molecule has 9 heteroatoms. The van der Waals surface area contributed by atoms with Gasteiger partial charge in [-0.15, -0.1) is 11.3 Å². The fourth-order valence-electron chi connectivity index (χ4n) is 3.95. The van der Waals surface area contributed by atoms with Gasteiger partial charge in [0.25, 0.3) is 5.56 Å². The van der Waals surface area contributed by atoms with Crippen LogP contribution in [0.25, 0.3) is 4.96 Å². The molecule has 1 aromatic carbocycles. The van der Waals surface area contributed by atoms with Crippen molar-refractivity contribution in [2.75, 3.05) is 19.8 Å². The van der Waals surface area contributed by atoms with Gasteiger partial charge in [0.15, 0.2) is 16.5 Å². The van der Waals surface area contributed by atoms with Crippen molar-refractivity contribution < 1.29 is 23.7 Å². The Labute approximate surface area is 196 Å². The lowest BCUT2D eigenvalue weighted by Gasteiger charge is -2.16. The highest BCUT2D eigenvalue weighted by atomic mass is 32.1. The molecule has 1 aliphatic carbocycles. The zero-order valence-corrected chi connectivity index (χ0v) is 20.0. The number of fused-ring (bicyclic) bond motifs is 3. The summed E-state index contributed by atoms with van der Waals surface area (Å²) in [5.41, 5.74) is 1.63. The molecule has 2 heterocycles. The molecule has 0 spiro atoms. The first-order valence-electron chi connectivity index (χ1n) is 11.3. The second-order valence-corrected chi connectivity index (χ2v) is 8.62. The Hall–Kier alpha value is -3.07. The molecule has 3 aromatic rings. The molecule has 33 heavy (non-hydrogen) atoms. The highest BCUT2D eigenvalue weighted by Crippen LogP contribution is 2.39. The SMILES string of the molecule is CCOc1cc(C(=O)OCc2cc(=O)n3c4c(sc3n2)CCCC4)cc(OCC)c1OCC. The molecule has 0 aliphatic heterocycles. The van der Waals surface area contributed by atoms with E-state index in [-0.39, 0.29) is 17.7 Å². The fourth-order valence-corrected chi connectivity index (χ4v) is 5.18. The normalized spacial score (nSPS) is 12.9. The first kappa shape index (κ1) is 23.1. The molecule has 1 aliphatic rings. The van der Waals surface area contributed by atoms with Crippen molar-refractivity contribution in [3.63, 3.8) is 0 Å². The summed E-state index contributed by atoms with van der Waals surface area (Å²) in [5, 5.41) is 0. The number of hydrogen-bond donors (Lipinski definition) is 0. The molecule has 0 amide bonds. The minimum absolute atomic E-state index is 0.103. The van der Waals surface area contributed by atoms with Gasteiger partial charge in [0.2, 0.25) is 5.75 Å². The van der Waals surface area contributed by atoms with Crippen molar-refractivity contribution in [1.82, 2.24) is 9.38 Å². The summed E-state index contributed by atoms with van der Waals surface area (Å²) in [6.07, 6.45) is 4.09. The second kappa shape index (κ2) is 10.2. The van der Waals surface area contributed by atoms with Gasteiger partial charge < -0.3 is 18.9 Å². The lowest BCUT2D eigenvalue weighted by Crippen LogP contribution is -2.18. The van der Waals surface area contributed by atoms with Crippen LogP contribution in [-0.2, 0) is 24.2 Å². The monoisotopic (exact) mass is 472 g/mol. The van der Waals surface area contributed by atoms with E-state index in [0.717, 1.165) is 31.4 Å². The Morgan fingerprint density at radius 1 is 1.00 bits per heavy atom. The molecule has 8 nitrogen and oxygen atoms in total. The fraction of sp³-hybridized carbons (Fsp3) is 0.458. The van der Waals surface area contributed by atoms with E-state index in [4.69, 9.17) is 18.9 Å². The smallest absolute Gasteiger partial charge is 0.338 e. The van der Waals surface area contributed by atoms with E-state index >= 15 is 0 Å². The van der Waals surface area contributed by atoms with Crippen molar-refractivity contribution >= 4 is 22.3 Å². The van der Waals surface area contributed by atoms with Crippen LogP contribution in [0.1, 0.15) is 60.2 Å². The minimum Gasteiger partial charge on any atom is -0.490 e. The van der Waals surface area contributed by atoms with Crippen LogP contribution < -0.4 is 19.8 Å². The summed E-state index contributed by atoms with van der Waals surface area (Å²) in [5.74, 6) is 0.727. The van der Waals surface area contributed by atoms with Crippen molar-refractivity contribution in [2.24, 2.45) is 0 Å². The van der Waals surface area contributed by atoms with Crippen LogP contribution in [-0.4, -0.2) is 35.2 Å². The van der Waals surface area contributed by atoms with Crippen LogP contribution in [0.3, 0.4) is 0 Å². The van der Waals surface area contributed by atoms with Crippen molar-refractivity contribution in [3.8, 4) is 17.2 Å². The zero-order chi connectivity index (χ0) is 23.4. The van der Waals surface area contributed by atoms with E-state index in [1.807, 2.05) is 20.8 Å². The van der Waals surface area contributed by atoms with Crippen molar-refractivity contribution in [1.29, 1.82) is 0 Å². The first-order chi connectivity index (χ1) is 16.0. The van der Waals surface area contributed by atoms with E-state index in [1.165, 1.54) is 10.9 Å². The van der Waals surface area contributed by atoms with Crippen LogP contribution in [0.5, 0.6) is 17.2 Å². The van der Waals surface area contributed by atoms with E-state index in [0.29, 0.717) is 47.7 Å². The molecule has 0 N–H and O–H groups in total. The molecule has 0 bridgehead atoms. The number of ether oxygens (including phenoxy) is 4. The second-order valence-electron chi connectivity index (χ2n) is 7.56. The standard InChI is InChI=1S/C24H28N2O6S/c1-4-29-18-11-15(12-19(30-5-2)22(18)31-6-3)23(28)32-14-16-13-21(27)26-17-9-7-8-10-20(17)33-24(26)25-16/h11-13H,4-10,14H2,1-3H3. The highest BCUT2D eigenvalue weighted by molar-refractivity contribution is 7.17. The van der Waals surface area contributed by atoms with Crippen LogP contribution in [0.2, 0.25) is 0 Å². The van der Waals surface area contributed by atoms with Gasteiger partial charge in [-0.3, -0.25) is 9.20 Å². The predicted octanol–water partition coefficient (Wildman–Crippen LogP) is 4.19. The number of rotatable bonds is 9. The Morgan fingerprint density at radius 2 is 1.67 bits per heavy atom. The third kappa shape index (κ3) is 4.83. The van der Waals surface area contributed by atoms with Crippen LogP contribution >= 0.6 is 11.3 Å². The number of hydrogen-bond acceptors (Lipinski definition) is 8. The lowest BCUT2D eigenvalue weighted by atomic mass is 10.0. The molecule has 0 unspecified atom stereocenters. The van der Waals surface area contributed by atoms with Gasteiger partial charge >= 0.3 is 5.97 Å². The number of aryl methyl sites for hydroxylation is 2. The van der Waals surface area contributed by atoms with Crippen molar-refractivity contribution in [3.05, 3.63) is 50.4 Å². The highest BCUT2D eigenvalue weighted by Gasteiger charge is 2.21. The number of thiazole rings is 1. The van der Waals surface area contributed by atoms with E-state index in [1.54, 1.807) is 27.9 Å². The average molecular weight is 473 g/mol. The van der Waals surface area contributed by atoms with Gasteiger partial charge in [0, 0.05) is 16.6 Å². The summed E-state index contributed by atoms with van der Waals surface area (Å²) in [4.78, 5) is 32.0. The topological polar surface area (TPSA) is 88.4 Å². The molecule has 0 fully saturated rings. The summed E-state index contributed by atoms with van der Waals surface area (Å²) >= 11 is 1.54. The summed E-state index contributed by atoms with van der Waals surface area (Å²) in [7, 11) is 0. The number of nitrogens with zero attached hydrogens (tertiary/aromatic N) is 2. The number of carbonyl (C=O) groups excluding carboxylic acids is 1. The molecule has 176 valence electrons. The molecular formula is C24H28N2O6S. The van der Waals surface area contributed by atoms with Crippen LogP contribution in [0.4, 0.5) is 0 Å². The molecule has 0 radical (unpaired) electrons. The maximum absolute atomic E-state index is 12.8. The van der Waals surface area contributed by atoms with Gasteiger partial charge in [-0.25, -0.2) is 9.78 Å². The maximum atomic E-state index is 12.8. The Kier molecular flexibility index (Phi) is 7.17. The third-order valence-electron chi connectivity index (χ3n) is 5.31. The minimum atomic E-state index is -0.563. The average Bonchev–Trinajstić information content (AvgIpc) is 3.18. The largest absolute Gasteiger partial charge is 0.490 e. The number of benzene rings is 1. The van der Waals surface area contributed by atoms with Gasteiger partial charge in [0.05, 0.1) is 31.1 Å². The molecule has 2 aromatic heterocycles. The lowest BCUT2D eigenvalue weighted by molar-refractivity contribution is 0.0466. The number of carbonyl (C=O) groups is 1. The number of esters is 1. The molecule has 0 atom stereocenters. The maximum Gasteiger partial charge on any atom is 0.338 e. The van der Waals surface area contributed by atoms with Crippen LogP contribution in [0, 0.1) is 0 Å². The molecule has 4 rings (SSSR count). The van der Waals surface area contributed by atoms with E-state index in [2.05, 4.69) is 4.98 Å². The molecular weight excluding hydrogens is 444 g/mol. The van der Waals surface area contributed by atoms with E-state index < -0.39 is 5.97 Å². The Morgan fingerprint density at radius 3 is 2.33 bits per heavy atom. The summed E-state index contributed by atoms with van der Waals surface area (Å²) in [6, 6.07) is 4.60. The van der Waals surface area contributed by atoms with Gasteiger partial charge in [-0.2, -0.15) is 0 Å². The summed E-state index contributed by atoms with van der Waals surface area (Å²) in [6.45, 7) is 6.71. The zero-order valence-electron chi connectivity index (χ0n) is 19.1. The van der Waals surface area contributed by atoms with Gasteiger partial charge in [0.1, 0.15) is 6.61 Å². The first-order valence-corrected chi connectivity index (χ1v) is 12.1. The van der Waals surface area contributed by atoms with E-state index in [9.17, 15) is 9.59 Å². The van der Waals surface area contributed by atoms with Gasteiger partial charge in [-0.1, -0.05) is 0 Å².